The van der Waals surface area contributed by atoms with Crippen LogP contribution in [0, 0.1) is 0 Å². The van der Waals surface area contributed by atoms with E-state index in [0.29, 0.717) is 36.4 Å². The second-order valence-electron chi connectivity index (χ2n) is 6.88. The van der Waals surface area contributed by atoms with Gasteiger partial charge in [-0.2, -0.15) is 0 Å². The van der Waals surface area contributed by atoms with E-state index in [1.807, 2.05) is 30.5 Å². The van der Waals surface area contributed by atoms with Crippen molar-refractivity contribution in [2.45, 2.75) is 31.8 Å². The Morgan fingerprint density at radius 1 is 1.15 bits per heavy atom. The first kappa shape index (κ1) is 18.6. The number of hydrogen-bond acceptors (Lipinski definition) is 5. The van der Waals surface area contributed by atoms with Gasteiger partial charge in [0.05, 0.1) is 12.7 Å². The van der Waals surface area contributed by atoms with E-state index in [0.717, 1.165) is 17.5 Å². The van der Waals surface area contributed by atoms with E-state index in [1.165, 1.54) is 18.4 Å². The number of thiophene rings is 1. The molecule has 1 amide bonds. The van der Waals surface area contributed by atoms with Crippen LogP contribution < -0.4 is 0 Å². The third kappa shape index (κ3) is 3.97. The van der Waals surface area contributed by atoms with E-state index in [4.69, 9.17) is 4.74 Å². The molecule has 2 heterocycles. The Morgan fingerprint density at radius 2 is 1.88 bits per heavy atom. The van der Waals surface area contributed by atoms with Crippen molar-refractivity contribution in [1.82, 2.24) is 4.90 Å². The molecule has 3 rings (SSSR count). The van der Waals surface area contributed by atoms with Crippen LogP contribution in [0.15, 0.2) is 35.7 Å². The predicted molar refractivity (Wildman–Crippen MR) is 101 cm³/mol. The van der Waals surface area contributed by atoms with Gasteiger partial charge in [0, 0.05) is 24.2 Å². The van der Waals surface area contributed by atoms with Gasteiger partial charge in [0.15, 0.2) is 0 Å². The summed E-state index contributed by atoms with van der Waals surface area (Å²) in [4.78, 5) is 27.0. The molecular formula is C20H23NO4S. The zero-order valence-electron chi connectivity index (χ0n) is 15.0. The maximum Gasteiger partial charge on any atom is 0.348 e. The summed E-state index contributed by atoms with van der Waals surface area (Å²) in [5, 5.41) is 12.0. The van der Waals surface area contributed by atoms with E-state index in [9.17, 15) is 14.7 Å². The molecule has 1 fully saturated rings. The third-order valence-corrected chi connectivity index (χ3v) is 5.72. The van der Waals surface area contributed by atoms with Gasteiger partial charge >= 0.3 is 5.97 Å². The molecule has 138 valence electrons. The zero-order chi connectivity index (χ0) is 18.7. The standard InChI is InChI=1S/C20H23NO4S/c1-20(24)9-3-11-21(12-10-20)18(22)15-6-4-14(5-7-15)16-8-13-26-17(16)19(23)25-2/h4-8,13,24H,3,9-12H2,1-2H3/t20-/m1/s1. The van der Waals surface area contributed by atoms with Gasteiger partial charge in [-0.05, 0) is 55.3 Å². The van der Waals surface area contributed by atoms with E-state index < -0.39 is 5.60 Å². The fraction of sp³-hybridized carbons (Fsp3) is 0.400. The fourth-order valence-electron chi connectivity index (χ4n) is 3.23. The Labute approximate surface area is 157 Å². The lowest BCUT2D eigenvalue weighted by Gasteiger charge is -2.22. The Morgan fingerprint density at radius 3 is 2.58 bits per heavy atom. The highest BCUT2D eigenvalue weighted by atomic mass is 32.1. The Balaban J connectivity index is 1.77. The minimum atomic E-state index is -0.692. The molecule has 5 nitrogen and oxygen atoms in total. The summed E-state index contributed by atoms with van der Waals surface area (Å²) in [5.41, 5.74) is 1.61. The average molecular weight is 373 g/mol. The lowest BCUT2D eigenvalue weighted by atomic mass is 9.98. The van der Waals surface area contributed by atoms with Crippen LogP contribution in [-0.4, -0.2) is 47.7 Å². The lowest BCUT2D eigenvalue weighted by Crippen LogP contribution is -2.33. The highest BCUT2D eigenvalue weighted by molar-refractivity contribution is 7.12. The molecule has 1 saturated heterocycles. The summed E-state index contributed by atoms with van der Waals surface area (Å²) >= 11 is 1.34. The fourth-order valence-corrected chi connectivity index (χ4v) is 4.06. The number of hydrogen-bond donors (Lipinski definition) is 1. The van der Waals surface area contributed by atoms with Gasteiger partial charge in [0.2, 0.25) is 0 Å². The first-order chi connectivity index (χ1) is 12.4. The number of rotatable bonds is 3. The van der Waals surface area contributed by atoms with Crippen LogP contribution in [0.4, 0.5) is 0 Å². The molecule has 1 N–H and O–H groups in total. The maximum absolute atomic E-state index is 12.8. The van der Waals surface area contributed by atoms with Crippen LogP contribution >= 0.6 is 11.3 Å². The van der Waals surface area contributed by atoms with Crippen LogP contribution in [-0.2, 0) is 4.74 Å². The molecule has 26 heavy (non-hydrogen) atoms. The van der Waals surface area contributed by atoms with Gasteiger partial charge in [0.1, 0.15) is 4.88 Å². The molecule has 0 aliphatic carbocycles. The molecule has 1 aliphatic heterocycles. The SMILES string of the molecule is COC(=O)c1sccc1-c1ccc(C(=O)N2CCC[C@@](C)(O)CC2)cc1. The number of benzene rings is 1. The molecule has 0 radical (unpaired) electrons. The Kier molecular flexibility index (Phi) is 5.44. The summed E-state index contributed by atoms with van der Waals surface area (Å²) in [5.74, 6) is -0.375. The number of methoxy groups -OCH3 is 1. The summed E-state index contributed by atoms with van der Waals surface area (Å²) in [6.45, 7) is 3.05. The molecule has 0 bridgehead atoms. The van der Waals surface area contributed by atoms with E-state index in [-0.39, 0.29) is 11.9 Å². The van der Waals surface area contributed by atoms with Crippen molar-refractivity contribution < 1.29 is 19.4 Å². The maximum atomic E-state index is 12.8. The number of amides is 1. The normalized spacial score (nSPS) is 20.5. The number of aliphatic hydroxyl groups is 1. The largest absolute Gasteiger partial charge is 0.465 e. The Bertz CT molecular complexity index is 794. The molecule has 6 heteroatoms. The van der Waals surface area contributed by atoms with Crippen molar-refractivity contribution in [3.8, 4) is 11.1 Å². The van der Waals surface area contributed by atoms with E-state index >= 15 is 0 Å². The van der Waals surface area contributed by atoms with Crippen LogP contribution in [0.5, 0.6) is 0 Å². The molecular weight excluding hydrogens is 350 g/mol. The zero-order valence-corrected chi connectivity index (χ0v) is 15.8. The van der Waals surface area contributed by atoms with Gasteiger partial charge in [-0.1, -0.05) is 12.1 Å². The van der Waals surface area contributed by atoms with E-state index in [2.05, 4.69) is 0 Å². The molecule has 0 saturated carbocycles. The summed E-state index contributed by atoms with van der Waals surface area (Å²) in [6.07, 6.45) is 2.10. The highest BCUT2D eigenvalue weighted by Crippen LogP contribution is 2.29. The molecule has 1 aromatic carbocycles. The average Bonchev–Trinajstić information content (AvgIpc) is 3.05. The van der Waals surface area contributed by atoms with Gasteiger partial charge in [-0.25, -0.2) is 4.79 Å². The van der Waals surface area contributed by atoms with Crippen molar-refractivity contribution in [1.29, 1.82) is 0 Å². The van der Waals surface area contributed by atoms with Crippen LogP contribution in [0.1, 0.15) is 46.2 Å². The molecule has 2 aromatic rings. The van der Waals surface area contributed by atoms with Gasteiger partial charge in [-0.15, -0.1) is 11.3 Å². The highest BCUT2D eigenvalue weighted by Gasteiger charge is 2.27. The molecule has 1 aliphatic rings. The molecule has 1 aromatic heterocycles. The second kappa shape index (κ2) is 7.60. The number of carbonyl (C=O) groups excluding carboxylic acids is 2. The quantitative estimate of drug-likeness (QED) is 0.835. The van der Waals surface area contributed by atoms with Gasteiger partial charge in [-0.3, -0.25) is 4.79 Å². The number of ether oxygens (including phenoxy) is 1. The van der Waals surface area contributed by atoms with Crippen molar-refractivity contribution >= 4 is 23.2 Å². The number of likely N-dealkylation sites (tertiary alicyclic amines) is 1. The van der Waals surface area contributed by atoms with Crippen LogP contribution in [0.25, 0.3) is 11.1 Å². The minimum absolute atomic E-state index is 0.0206. The monoisotopic (exact) mass is 373 g/mol. The van der Waals surface area contributed by atoms with Gasteiger partial charge in [0.25, 0.3) is 5.91 Å². The molecule has 0 unspecified atom stereocenters. The minimum Gasteiger partial charge on any atom is -0.465 e. The van der Waals surface area contributed by atoms with Gasteiger partial charge < -0.3 is 14.7 Å². The van der Waals surface area contributed by atoms with Crippen LogP contribution in [0.3, 0.4) is 0 Å². The first-order valence-corrected chi connectivity index (χ1v) is 9.57. The van der Waals surface area contributed by atoms with E-state index in [1.54, 1.807) is 17.0 Å². The predicted octanol–water partition coefficient (Wildman–Crippen LogP) is 3.58. The molecule has 0 spiro atoms. The summed E-state index contributed by atoms with van der Waals surface area (Å²) in [6, 6.07) is 9.18. The number of esters is 1. The summed E-state index contributed by atoms with van der Waals surface area (Å²) < 4.78 is 4.82. The first-order valence-electron chi connectivity index (χ1n) is 8.69. The third-order valence-electron chi connectivity index (χ3n) is 4.83. The van der Waals surface area contributed by atoms with Crippen molar-refractivity contribution in [2.75, 3.05) is 20.2 Å². The summed E-state index contributed by atoms with van der Waals surface area (Å²) in [7, 11) is 1.37. The van der Waals surface area contributed by atoms with Crippen molar-refractivity contribution in [3.63, 3.8) is 0 Å². The lowest BCUT2D eigenvalue weighted by molar-refractivity contribution is 0.0437. The van der Waals surface area contributed by atoms with Crippen molar-refractivity contribution in [2.24, 2.45) is 0 Å². The number of nitrogens with zero attached hydrogens (tertiary/aromatic N) is 1. The smallest absolute Gasteiger partial charge is 0.348 e. The number of carbonyl (C=O) groups is 2. The molecule has 1 atom stereocenters. The second-order valence-corrected chi connectivity index (χ2v) is 7.79. The Hall–Kier alpha value is -2.18. The van der Waals surface area contributed by atoms with Crippen LogP contribution in [0.2, 0.25) is 0 Å². The van der Waals surface area contributed by atoms with Crippen molar-refractivity contribution in [3.05, 3.63) is 46.2 Å². The topological polar surface area (TPSA) is 66.8 Å².